The predicted octanol–water partition coefficient (Wildman–Crippen LogP) is 2.14. The van der Waals surface area contributed by atoms with Crippen molar-refractivity contribution in [3.05, 3.63) is 29.3 Å². The Morgan fingerprint density at radius 1 is 1.17 bits per heavy atom. The molecule has 1 heterocycles. The molecule has 0 spiro atoms. The van der Waals surface area contributed by atoms with Gasteiger partial charge in [-0.05, 0) is 57.0 Å². The summed E-state index contributed by atoms with van der Waals surface area (Å²) in [6.07, 6.45) is 1.21. The van der Waals surface area contributed by atoms with Crippen molar-refractivity contribution in [1.82, 2.24) is 4.90 Å². The van der Waals surface area contributed by atoms with Crippen molar-refractivity contribution in [2.45, 2.75) is 38.9 Å². The van der Waals surface area contributed by atoms with Crippen LogP contribution in [0.15, 0.2) is 18.2 Å². The largest absolute Gasteiger partial charge is 0.488 e. The highest BCUT2D eigenvalue weighted by molar-refractivity contribution is 5.34. The summed E-state index contributed by atoms with van der Waals surface area (Å²) in [5.41, 5.74) is 2.50. The molecule has 0 aliphatic carbocycles. The fraction of sp³-hybridized carbons (Fsp3) is 0.600. The van der Waals surface area contributed by atoms with Crippen molar-refractivity contribution in [3.8, 4) is 5.75 Å². The zero-order chi connectivity index (χ0) is 13.1. The highest BCUT2D eigenvalue weighted by atomic mass is 16.5. The summed E-state index contributed by atoms with van der Waals surface area (Å²) in [7, 11) is 2.09. The number of hydrogen-bond acceptors (Lipinski definition) is 3. The number of ether oxygens (including phenoxy) is 1. The van der Waals surface area contributed by atoms with Crippen LogP contribution in [0.25, 0.3) is 0 Å². The van der Waals surface area contributed by atoms with Gasteiger partial charge in [0.15, 0.2) is 0 Å². The number of aliphatic hydroxyl groups is 1. The van der Waals surface area contributed by atoms with Crippen molar-refractivity contribution < 1.29 is 9.84 Å². The monoisotopic (exact) mass is 249 g/mol. The number of nitrogens with zero attached hydrogens (tertiary/aromatic N) is 1. The van der Waals surface area contributed by atoms with E-state index < -0.39 is 0 Å². The smallest absolute Gasteiger partial charge is 0.126 e. The van der Waals surface area contributed by atoms with Gasteiger partial charge in [0, 0.05) is 13.1 Å². The number of hydrogen-bond donors (Lipinski definition) is 1. The first-order valence-corrected chi connectivity index (χ1v) is 6.67. The molecule has 0 saturated carbocycles. The van der Waals surface area contributed by atoms with E-state index in [-0.39, 0.29) is 12.2 Å². The van der Waals surface area contributed by atoms with Gasteiger partial charge in [-0.1, -0.05) is 6.07 Å². The van der Waals surface area contributed by atoms with E-state index in [1.54, 1.807) is 0 Å². The first-order chi connectivity index (χ1) is 8.56. The molecule has 0 aromatic heterocycles. The number of aliphatic hydroxyl groups excluding tert-OH is 1. The fourth-order valence-corrected chi connectivity index (χ4v) is 2.29. The second kappa shape index (κ2) is 5.72. The van der Waals surface area contributed by atoms with Crippen LogP contribution >= 0.6 is 0 Å². The number of benzene rings is 1. The number of aryl methyl sites for hydroxylation is 2. The van der Waals surface area contributed by atoms with Crippen LogP contribution in [0.4, 0.5) is 0 Å². The van der Waals surface area contributed by atoms with Gasteiger partial charge in [-0.3, -0.25) is 0 Å². The second-order valence-corrected chi connectivity index (χ2v) is 5.35. The molecule has 100 valence electrons. The number of likely N-dealkylation sites (tertiary alicyclic amines) is 1. The van der Waals surface area contributed by atoms with Crippen LogP contribution in [0.3, 0.4) is 0 Å². The first-order valence-electron chi connectivity index (χ1n) is 6.67. The average Bonchev–Trinajstić information content (AvgIpc) is 2.49. The molecular formula is C15H23NO2. The van der Waals surface area contributed by atoms with Crippen LogP contribution in [0.2, 0.25) is 0 Å². The van der Waals surface area contributed by atoms with E-state index in [0.29, 0.717) is 0 Å². The zero-order valence-corrected chi connectivity index (χ0v) is 11.5. The standard InChI is InChI=1S/C15H23NO2/c1-11-4-5-13(10-12(11)2)18-15-7-9-16(3)8-6-14(15)17/h4-5,10,14-15,17H,6-9H2,1-3H3/t14-,15-/m1/s1. The molecule has 1 aromatic rings. The van der Waals surface area contributed by atoms with E-state index in [1.165, 1.54) is 11.1 Å². The van der Waals surface area contributed by atoms with Gasteiger partial charge in [0.2, 0.25) is 0 Å². The van der Waals surface area contributed by atoms with E-state index in [2.05, 4.69) is 37.9 Å². The van der Waals surface area contributed by atoms with Crippen LogP contribution in [0.1, 0.15) is 24.0 Å². The first kappa shape index (κ1) is 13.4. The van der Waals surface area contributed by atoms with Crippen molar-refractivity contribution in [1.29, 1.82) is 0 Å². The Morgan fingerprint density at radius 2 is 1.89 bits per heavy atom. The lowest BCUT2D eigenvalue weighted by Gasteiger charge is -2.22. The molecule has 1 aliphatic rings. The molecule has 0 unspecified atom stereocenters. The van der Waals surface area contributed by atoms with Gasteiger partial charge in [0.05, 0.1) is 6.10 Å². The van der Waals surface area contributed by atoms with Gasteiger partial charge in [-0.25, -0.2) is 0 Å². The number of rotatable bonds is 2. The SMILES string of the molecule is Cc1ccc(O[C@@H]2CCN(C)CC[C@H]2O)cc1C. The lowest BCUT2D eigenvalue weighted by Crippen LogP contribution is -2.31. The molecule has 1 aromatic carbocycles. The summed E-state index contributed by atoms with van der Waals surface area (Å²) in [6, 6.07) is 6.11. The van der Waals surface area contributed by atoms with E-state index in [4.69, 9.17) is 4.74 Å². The van der Waals surface area contributed by atoms with Gasteiger partial charge in [-0.15, -0.1) is 0 Å². The highest BCUT2D eigenvalue weighted by Crippen LogP contribution is 2.21. The van der Waals surface area contributed by atoms with Crippen molar-refractivity contribution >= 4 is 0 Å². The summed E-state index contributed by atoms with van der Waals surface area (Å²) < 4.78 is 5.96. The molecule has 3 heteroatoms. The van der Waals surface area contributed by atoms with E-state index >= 15 is 0 Å². The molecule has 18 heavy (non-hydrogen) atoms. The molecular weight excluding hydrogens is 226 g/mol. The molecule has 1 fully saturated rings. The second-order valence-electron chi connectivity index (χ2n) is 5.35. The Labute approximate surface area is 109 Å². The Hall–Kier alpha value is -1.06. The van der Waals surface area contributed by atoms with Gasteiger partial charge in [0.25, 0.3) is 0 Å². The summed E-state index contributed by atoms with van der Waals surface area (Å²) in [4.78, 5) is 2.24. The quantitative estimate of drug-likeness (QED) is 0.871. The van der Waals surface area contributed by atoms with Gasteiger partial charge in [-0.2, -0.15) is 0 Å². The zero-order valence-electron chi connectivity index (χ0n) is 11.5. The Morgan fingerprint density at radius 3 is 2.61 bits per heavy atom. The third-order valence-electron chi connectivity index (χ3n) is 3.80. The average molecular weight is 249 g/mol. The lowest BCUT2D eigenvalue weighted by atomic mass is 10.1. The highest BCUT2D eigenvalue weighted by Gasteiger charge is 2.25. The van der Waals surface area contributed by atoms with Crippen LogP contribution in [0.5, 0.6) is 5.75 Å². The fourth-order valence-electron chi connectivity index (χ4n) is 2.29. The molecule has 2 rings (SSSR count). The minimum absolute atomic E-state index is 0.0861. The normalized spacial score (nSPS) is 25.8. The molecule has 2 atom stereocenters. The summed E-state index contributed by atoms with van der Waals surface area (Å²) in [6.45, 7) is 6.09. The predicted molar refractivity (Wildman–Crippen MR) is 73.1 cm³/mol. The van der Waals surface area contributed by atoms with Crippen molar-refractivity contribution in [2.24, 2.45) is 0 Å². The van der Waals surface area contributed by atoms with E-state index in [0.717, 1.165) is 31.7 Å². The van der Waals surface area contributed by atoms with E-state index in [9.17, 15) is 5.11 Å². The third kappa shape index (κ3) is 3.24. The maximum absolute atomic E-state index is 10.1. The molecule has 0 amide bonds. The molecule has 0 bridgehead atoms. The minimum Gasteiger partial charge on any atom is -0.488 e. The maximum Gasteiger partial charge on any atom is 0.126 e. The van der Waals surface area contributed by atoms with Gasteiger partial charge >= 0.3 is 0 Å². The molecule has 1 saturated heterocycles. The molecule has 1 aliphatic heterocycles. The summed E-state index contributed by atoms with van der Waals surface area (Å²) in [5, 5.41) is 10.1. The van der Waals surface area contributed by atoms with Crippen molar-refractivity contribution in [3.63, 3.8) is 0 Å². The molecule has 0 radical (unpaired) electrons. The Kier molecular flexibility index (Phi) is 4.25. The van der Waals surface area contributed by atoms with Crippen LogP contribution < -0.4 is 4.74 Å². The van der Waals surface area contributed by atoms with Crippen LogP contribution in [-0.4, -0.2) is 42.4 Å². The maximum atomic E-state index is 10.1. The van der Waals surface area contributed by atoms with Crippen LogP contribution in [0, 0.1) is 13.8 Å². The Bertz CT molecular complexity index is 405. The van der Waals surface area contributed by atoms with Gasteiger partial charge in [0.1, 0.15) is 11.9 Å². The molecule has 3 nitrogen and oxygen atoms in total. The lowest BCUT2D eigenvalue weighted by molar-refractivity contribution is 0.0349. The van der Waals surface area contributed by atoms with Crippen molar-refractivity contribution in [2.75, 3.05) is 20.1 Å². The summed E-state index contributed by atoms with van der Waals surface area (Å²) >= 11 is 0. The third-order valence-corrected chi connectivity index (χ3v) is 3.80. The Balaban J connectivity index is 2.05. The topological polar surface area (TPSA) is 32.7 Å². The minimum atomic E-state index is -0.364. The van der Waals surface area contributed by atoms with Gasteiger partial charge < -0.3 is 14.7 Å². The van der Waals surface area contributed by atoms with Crippen LogP contribution in [-0.2, 0) is 0 Å². The molecule has 1 N–H and O–H groups in total. The van der Waals surface area contributed by atoms with E-state index in [1.807, 2.05) is 6.07 Å². The summed E-state index contributed by atoms with van der Waals surface area (Å²) in [5.74, 6) is 0.867.